The number of nitrogens with zero attached hydrogens (tertiary/aromatic N) is 2. The second-order valence-corrected chi connectivity index (χ2v) is 13.3. The lowest BCUT2D eigenvalue weighted by Gasteiger charge is -2.22. The molecule has 1 aliphatic heterocycles. The van der Waals surface area contributed by atoms with Crippen molar-refractivity contribution in [2.75, 3.05) is 0 Å². The molecule has 3 nitrogen and oxygen atoms in total. The summed E-state index contributed by atoms with van der Waals surface area (Å²) in [5.74, 6) is 1.78. The van der Waals surface area contributed by atoms with Crippen LogP contribution in [0, 0.1) is 0 Å². The molecule has 8 aromatic carbocycles. The van der Waals surface area contributed by atoms with E-state index in [-0.39, 0.29) is 0 Å². The summed E-state index contributed by atoms with van der Waals surface area (Å²) in [6.45, 7) is 0. The topological polar surface area (TPSA) is 35.0 Å². The van der Waals surface area contributed by atoms with Gasteiger partial charge in [-0.05, 0) is 97.0 Å². The number of rotatable bonds is 3. The third-order valence-electron chi connectivity index (χ3n) is 9.43. The fraction of sp³-hybridized carbons (Fsp3) is 0. The molecule has 0 amide bonds. The Labute approximate surface area is 281 Å². The highest BCUT2D eigenvalue weighted by Gasteiger charge is 2.22. The lowest BCUT2D eigenvalue weighted by molar-refractivity contribution is 0.456. The summed E-state index contributed by atoms with van der Waals surface area (Å²) in [6.07, 6.45) is 3.51. The second-order valence-electron chi connectivity index (χ2n) is 12.2. The first-order valence-corrected chi connectivity index (χ1v) is 16.9. The number of ether oxygens (including phenoxy) is 1. The van der Waals surface area contributed by atoms with Crippen LogP contribution in [0.1, 0.15) is 0 Å². The Bertz CT molecular complexity index is 2710. The zero-order valence-electron chi connectivity index (χ0n) is 25.7. The zero-order valence-corrected chi connectivity index (χ0v) is 26.5. The van der Waals surface area contributed by atoms with Crippen LogP contribution in [0.3, 0.4) is 0 Å². The van der Waals surface area contributed by atoms with Crippen LogP contribution in [0.5, 0.6) is 11.5 Å². The first-order chi connectivity index (χ1) is 23.8. The maximum Gasteiger partial charge on any atom is 0.149 e. The highest BCUT2D eigenvalue weighted by Crippen LogP contribution is 2.51. The van der Waals surface area contributed by atoms with Gasteiger partial charge in [-0.15, -0.1) is 0 Å². The lowest BCUT2D eigenvalue weighted by Crippen LogP contribution is -1.97. The van der Waals surface area contributed by atoms with Crippen LogP contribution in [0.4, 0.5) is 0 Å². The van der Waals surface area contributed by atoms with E-state index in [9.17, 15) is 0 Å². The van der Waals surface area contributed by atoms with E-state index in [1.807, 2.05) is 18.3 Å². The van der Waals surface area contributed by atoms with Gasteiger partial charge in [-0.3, -0.25) is 0 Å². The Hall–Kier alpha value is -5.97. The van der Waals surface area contributed by atoms with Gasteiger partial charge in [-0.2, -0.15) is 0 Å². The lowest BCUT2D eigenvalue weighted by atomic mass is 9.89. The highest BCUT2D eigenvalue weighted by atomic mass is 32.2. The molecule has 0 N–H and O–H groups in total. The summed E-state index contributed by atoms with van der Waals surface area (Å²) >= 11 is 1.76. The smallest absolute Gasteiger partial charge is 0.149 e. The Morgan fingerprint density at radius 3 is 1.90 bits per heavy atom. The maximum absolute atomic E-state index is 6.63. The predicted molar refractivity (Wildman–Crippen MR) is 199 cm³/mol. The average Bonchev–Trinajstić information content (AvgIpc) is 3.16. The molecule has 1 aromatic heterocycles. The monoisotopic (exact) mass is 630 g/mol. The van der Waals surface area contributed by atoms with Gasteiger partial charge >= 0.3 is 0 Å². The second kappa shape index (κ2) is 10.8. The van der Waals surface area contributed by atoms with Gasteiger partial charge in [0.15, 0.2) is 0 Å². The molecule has 0 saturated heterocycles. The molecule has 2 heterocycles. The van der Waals surface area contributed by atoms with Gasteiger partial charge < -0.3 is 4.74 Å². The largest absolute Gasteiger partial charge is 0.454 e. The average molecular weight is 631 g/mol. The van der Waals surface area contributed by atoms with Crippen molar-refractivity contribution in [3.63, 3.8) is 0 Å². The Morgan fingerprint density at radius 1 is 0.458 bits per heavy atom. The molecule has 0 atom stereocenters. The van der Waals surface area contributed by atoms with Gasteiger partial charge in [0.2, 0.25) is 0 Å². The van der Waals surface area contributed by atoms with Crippen molar-refractivity contribution in [3.05, 3.63) is 158 Å². The van der Waals surface area contributed by atoms with E-state index in [0.29, 0.717) is 0 Å². The Kier molecular flexibility index (Phi) is 6.11. The molecule has 9 aromatic rings. The number of fused-ring (bicyclic) bond motifs is 9. The van der Waals surface area contributed by atoms with E-state index < -0.39 is 0 Å². The number of benzene rings is 8. The van der Waals surface area contributed by atoms with Crippen molar-refractivity contribution < 1.29 is 4.74 Å². The molecule has 0 spiro atoms. The van der Waals surface area contributed by atoms with E-state index in [4.69, 9.17) is 9.72 Å². The molecular weight excluding hydrogens is 605 g/mol. The number of hydrogen-bond donors (Lipinski definition) is 0. The molecule has 48 heavy (non-hydrogen) atoms. The standard InChI is InChI=1S/C44H26N2OS/c1-2-12-36-34(10-1)35-11-3-4-13-37(35)39-24-27(19-20-38(36)39)29-21-30(32-14-7-9-28-25-45-26-46-43(28)32)23-31(22-29)33-15-8-18-42-44(33)47-40-16-5-6-17-41(40)48-42/h1-26H. The highest BCUT2D eigenvalue weighted by molar-refractivity contribution is 7.99. The molecular formula is C44H26N2OS. The SMILES string of the molecule is c1ccc2c(c1)Oc1c(cccc1-c1cc(-c3ccc4c5ccccc5c5ccccc5c4c3)cc(-c3cccc4cncnc34)c1)S2. The van der Waals surface area contributed by atoms with Crippen molar-refractivity contribution in [3.8, 4) is 44.9 Å². The van der Waals surface area contributed by atoms with Gasteiger partial charge in [0.25, 0.3) is 0 Å². The van der Waals surface area contributed by atoms with Crippen molar-refractivity contribution in [1.82, 2.24) is 9.97 Å². The molecule has 4 heteroatoms. The molecule has 224 valence electrons. The van der Waals surface area contributed by atoms with Gasteiger partial charge in [0.1, 0.15) is 17.8 Å². The predicted octanol–water partition coefficient (Wildman–Crippen LogP) is 12.3. The summed E-state index contributed by atoms with van der Waals surface area (Å²) in [6, 6.07) is 52.3. The summed E-state index contributed by atoms with van der Waals surface area (Å²) in [7, 11) is 0. The van der Waals surface area contributed by atoms with Gasteiger partial charge in [0, 0.05) is 22.7 Å². The molecule has 0 bridgehead atoms. The van der Waals surface area contributed by atoms with Gasteiger partial charge in [-0.1, -0.05) is 115 Å². The summed E-state index contributed by atoms with van der Waals surface area (Å²) in [5.41, 5.74) is 7.54. The van der Waals surface area contributed by atoms with E-state index in [0.717, 1.165) is 65.6 Å². The molecule has 0 unspecified atom stereocenters. The van der Waals surface area contributed by atoms with E-state index in [1.165, 1.54) is 32.3 Å². The molecule has 0 aliphatic carbocycles. The van der Waals surface area contributed by atoms with E-state index in [1.54, 1.807) is 18.1 Å². The quantitative estimate of drug-likeness (QED) is 0.182. The first-order valence-electron chi connectivity index (χ1n) is 16.0. The minimum Gasteiger partial charge on any atom is -0.454 e. The van der Waals surface area contributed by atoms with Crippen molar-refractivity contribution >= 4 is 55.0 Å². The van der Waals surface area contributed by atoms with Gasteiger partial charge in [-0.25, -0.2) is 9.97 Å². The molecule has 10 rings (SSSR count). The summed E-state index contributed by atoms with van der Waals surface area (Å²) in [4.78, 5) is 11.3. The summed E-state index contributed by atoms with van der Waals surface area (Å²) in [5, 5.41) is 8.61. The number of aromatic nitrogens is 2. The fourth-order valence-corrected chi connectivity index (χ4v) is 8.20. The molecule has 0 radical (unpaired) electrons. The van der Waals surface area contributed by atoms with Crippen LogP contribution >= 0.6 is 11.8 Å². The number of hydrogen-bond acceptors (Lipinski definition) is 4. The van der Waals surface area contributed by atoms with Crippen molar-refractivity contribution in [2.24, 2.45) is 0 Å². The van der Waals surface area contributed by atoms with Crippen LogP contribution in [0.25, 0.3) is 76.6 Å². The Balaban J connectivity index is 1.23. The van der Waals surface area contributed by atoms with E-state index in [2.05, 4.69) is 138 Å². The Morgan fingerprint density at radius 2 is 1.08 bits per heavy atom. The fourth-order valence-electron chi connectivity index (χ4n) is 7.22. The normalized spacial score (nSPS) is 12.2. The molecule has 1 aliphatic rings. The van der Waals surface area contributed by atoms with Gasteiger partial charge in [0.05, 0.1) is 15.3 Å². The third-order valence-corrected chi connectivity index (χ3v) is 10.5. The minimum absolute atomic E-state index is 0.887. The van der Waals surface area contributed by atoms with Crippen LogP contribution in [0.2, 0.25) is 0 Å². The van der Waals surface area contributed by atoms with Crippen LogP contribution in [-0.4, -0.2) is 9.97 Å². The molecule has 0 saturated carbocycles. The summed E-state index contributed by atoms with van der Waals surface area (Å²) < 4.78 is 6.63. The van der Waals surface area contributed by atoms with E-state index >= 15 is 0 Å². The molecule has 0 fully saturated rings. The van der Waals surface area contributed by atoms with Crippen LogP contribution < -0.4 is 4.74 Å². The first kappa shape index (κ1) is 27.2. The zero-order chi connectivity index (χ0) is 31.6. The number of para-hydroxylation sites is 3. The minimum atomic E-state index is 0.887. The van der Waals surface area contributed by atoms with Crippen molar-refractivity contribution in [2.45, 2.75) is 9.79 Å². The van der Waals surface area contributed by atoms with Crippen molar-refractivity contribution in [1.29, 1.82) is 0 Å². The maximum atomic E-state index is 6.63. The van der Waals surface area contributed by atoms with Crippen LogP contribution in [-0.2, 0) is 0 Å². The van der Waals surface area contributed by atoms with Crippen LogP contribution in [0.15, 0.2) is 168 Å². The third kappa shape index (κ3) is 4.30.